The second-order valence-electron chi connectivity index (χ2n) is 2.60. The highest BCUT2D eigenvalue weighted by Crippen LogP contribution is 2.11. The van der Waals surface area contributed by atoms with Gasteiger partial charge in [-0.15, -0.1) is 5.10 Å². The van der Waals surface area contributed by atoms with Crippen molar-refractivity contribution in [3.8, 4) is 0 Å². The second-order valence-corrected chi connectivity index (χ2v) is 3.82. The van der Waals surface area contributed by atoms with Crippen molar-refractivity contribution in [1.82, 2.24) is 14.6 Å². The summed E-state index contributed by atoms with van der Waals surface area (Å²) < 4.78 is 3.59. The molecule has 2 heterocycles. The number of anilines is 1. The van der Waals surface area contributed by atoms with Gasteiger partial charge in [-0.2, -0.15) is 0 Å². The number of amides is 1. The van der Waals surface area contributed by atoms with E-state index in [9.17, 15) is 4.79 Å². The molecular formula is C8H5ClN4OS. The molecule has 0 aliphatic carbocycles. The Bertz CT molecular complexity index is 456. The Morgan fingerprint density at radius 2 is 2.27 bits per heavy atom. The molecule has 0 unspecified atom stereocenters. The van der Waals surface area contributed by atoms with E-state index in [0.717, 1.165) is 11.5 Å². The summed E-state index contributed by atoms with van der Waals surface area (Å²) in [4.78, 5) is 15.9. The van der Waals surface area contributed by atoms with Gasteiger partial charge in [0.2, 0.25) is 0 Å². The Kier molecular flexibility index (Phi) is 2.89. The van der Waals surface area contributed by atoms with Crippen LogP contribution >= 0.6 is 23.1 Å². The molecule has 0 aromatic carbocycles. The van der Waals surface area contributed by atoms with Crippen molar-refractivity contribution in [2.75, 3.05) is 5.32 Å². The SMILES string of the molecule is O=C(Nc1ccc(Cl)cn1)c1cnns1. The number of nitrogens with one attached hydrogen (secondary N) is 1. The maximum atomic E-state index is 11.5. The Labute approximate surface area is 94.3 Å². The van der Waals surface area contributed by atoms with Crippen LogP contribution in [0.1, 0.15) is 9.67 Å². The van der Waals surface area contributed by atoms with E-state index in [1.54, 1.807) is 12.1 Å². The Morgan fingerprint density at radius 3 is 2.87 bits per heavy atom. The van der Waals surface area contributed by atoms with E-state index in [1.165, 1.54) is 12.4 Å². The molecule has 2 aromatic rings. The minimum absolute atomic E-state index is 0.278. The van der Waals surface area contributed by atoms with Crippen LogP contribution in [0.4, 0.5) is 5.82 Å². The number of halogens is 1. The van der Waals surface area contributed by atoms with Crippen molar-refractivity contribution in [2.24, 2.45) is 0 Å². The van der Waals surface area contributed by atoms with Gasteiger partial charge < -0.3 is 5.32 Å². The van der Waals surface area contributed by atoms with Crippen molar-refractivity contribution in [1.29, 1.82) is 0 Å². The maximum Gasteiger partial charge on any atom is 0.270 e. The van der Waals surface area contributed by atoms with Crippen LogP contribution in [0.3, 0.4) is 0 Å². The van der Waals surface area contributed by atoms with Crippen LogP contribution < -0.4 is 5.32 Å². The van der Waals surface area contributed by atoms with E-state index < -0.39 is 0 Å². The fourth-order valence-corrected chi connectivity index (χ4v) is 1.42. The van der Waals surface area contributed by atoms with Gasteiger partial charge in [-0.1, -0.05) is 16.1 Å². The van der Waals surface area contributed by atoms with Crippen molar-refractivity contribution < 1.29 is 4.79 Å². The van der Waals surface area contributed by atoms with Crippen LogP contribution in [-0.2, 0) is 0 Å². The Balaban J connectivity index is 2.09. The molecule has 0 fully saturated rings. The Morgan fingerprint density at radius 1 is 1.40 bits per heavy atom. The lowest BCUT2D eigenvalue weighted by atomic mass is 10.4. The van der Waals surface area contributed by atoms with E-state index in [2.05, 4.69) is 19.9 Å². The van der Waals surface area contributed by atoms with Gasteiger partial charge in [0.25, 0.3) is 5.91 Å². The average molecular weight is 241 g/mol. The van der Waals surface area contributed by atoms with Crippen LogP contribution in [0.25, 0.3) is 0 Å². The average Bonchev–Trinajstić information content (AvgIpc) is 2.74. The lowest BCUT2D eigenvalue weighted by Crippen LogP contribution is -2.11. The quantitative estimate of drug-likeness (QED) is 0.870. The number of hydrogen-bond donors (Lipinski definition) is 1. The summed E-state index contributed by atoms with van der Waals surface area (Å²) in [5, 5.41) is 6.68. The number of hydrogen-bond acceptors (Lipinski definition) is 5. The molecule has 0 bridgehead atoms. The highest BCUT2D eigenvalue weighted by Gasteiger charge is 2.08. The molecule has 1 N–H and O–H groups in total. The molecule has 0 saturated heterocycles. The number of pyridine rings is 1. The number of nitrogens with zero attached hydrogens (tertiary/aromatic N) is 3. The summed E-state index contributed by atoms with van der Waals surface area (Å²) in [7, 11) is 0. The zero-order valence-electron chi connectivity index (χ0n) is 7.35. The first kappa shape index (κ1) is 10.0. The third-order valence-electron chi connectivity index (χ3n) is 1.55. The first-order valence-electron chi connectivity index (χ1n) is 3.96. The predicted molar refractivity (Wildman–Crippen MR) is 57.1 cm³/mol. The van der Waals surface area contributed by atoms with Gasteiger partial charge in [0.15, 0.2) is 0 Å². The van der Waals surface area contributed by atoms with Crippen LogP contribution in [-0.4, -0.2) is 20.5 Å². The van der Waals surface area contributed by atoms with E-state index in [-0.39, 0.29) is 5.91 Å². The second kappa shape index (κ2) is 4.33. The van der Waals surface area contributed by atoms with Crippen molar-refractivity contribution in [2.45, 2.75) is 0 Å². The monoisotopic (exact) mass is 240 g/mol. The summed E-state index contributed by atoms with van der Waals surface area (Å²) >= 11 is 6.68. The smallest absolute Gasteiger partial charge is 0.270 e. The molecule has 2 aromatic heterocycles. The topological polar surface area (TPSA) is 67.8 Å². The highest BCUT2D eigenvalue weighted by molar-refractivity contribution is 7.07. The summed E-state index contributed by atoms with van der Waals surface area (Å²) in [6, 6.07) is 3.27. The molecule has 76 valence electrons. The van der Waals surface area contributed by atoms with Crippen LogP contribution in [0.15, 0.2) is 24.5 Å². The molecule has 5 nitrogen and oxygen atoms in total. The van der Waals surface area contributed by atoms with E-state index in [1.807, 2.05) is 0 Å². The third-order valence-corrected chi connectivity index (χ3v) is 2.44. The molecule has 1 amide bonds. The molecule has 0 radical (unpaired) electrons. The predicted octanol–water partition coefficient (Wildman–Crippen LogP) is 1.84. The van der Waals surface area contributed by atoms with Gasteiger partial charge in [-0.3, -0.25) is 4.79 Å². The van der Waals surface area contributed by atoms with E-state index >= 15 is 0 Å². The van der Waals surface area contributed by atoms with E-state index in [0.29, 0.717) is 15.7 Å². The summed E-state index contributed by atoms with van der Waals surface area (Å²) in [5.74, 6) is 0.164. The molecule has 0 aliphatic heterocycles. The minimum atomic E-state index is -0.278. The number of rotatable bonds is 2. The molecule has 7 heteroatoms. The zero-order valence-corrected chi connectivity index (χ0v) is 8.92. The lowest BCUT2D eigenvalue weighted by Gasteiger charge is -2.00. The minimum Gasteiger partial charge on any atom is -0.306 e. The first-order valence-corrected chi connectivity index (χ1v) is 5.11. The largest absolute Gasteiger partial charge is 0.306 e. The molecule has 2 rings (SSSR count). The summed E-state index contributed by atoms with van der Waals surface area (Å²) in [6.07, 6.45) is 2.86. The Hall–Kier alpha value is -1.53. The first-order chi connectivity index (χ1) is 7.25. The van der Waals surface area contributed by atoms with Gasteiger partial charge in [0, 0.05) is 6.20 Å². The van der Waals surface area contributed by atoms with Gasteiger partial charge >= 0.3 is 0 Å². The van der Waals surface area contributed by atoms with E-state index in [4.69, 9.17) is 11.6 Å². The van der Waals surface area contributed by atoms with Crippen LogP contribution in [0.5, 0.6) is 0 Å². The molecule has 0 atom stereocenters. The molecule has 15 heavy (non-hydrogen) atoms. The van der Waals surface area contributed by atoms with Gasteiger partial charge in [0.1, 0.15) is 10.7 Å². The van der Waals surface area contributed by atoms with Crippen LogP contribution in [0.2, 0.25) is 5.02 Å². The number of aromatic nitrogens is 3. The van der Waals surface area contributed by atoms with Crippen molar-refractivity contribution in [3.05, 3.63) is 34.4 Å². The lowest BCUT2D eigenvalue weighted by molar-refractivity contribution is 0.103. The summed E-state index contributed by atoms with van der Waals surface area (Å²) in [5.41, 5.74) is 0. The van der Waals surface area contributed by atoms with Gasteiger partial charge in [0.05, 0.1) is 11.2 Å². The molecule has 0 saturated carbocycles. The normalized spacial score (nSPS) is 9.93. The molecule has 0 spiro atoms. The zero-order chi connectivity index (χ0) is 10.7. The van der Waals surface area contributed by atoms with Crippen molar-refractivity contribution >= 4 is 34.9 Å². The van der Waals surface area contributed by atoms with Gasteiger partial charge in [-0.05, 0) is 23.7 Å². The third kappa shape index (κ3) is 2.48. The summed E-state index contributed by atoms with van der Waals surface area (Å²) in [6.45, 7) is 0. The maximum absolute atomic E-state index is 11.5. The van der Waals surface area contributed by atoms with Crippen LogP contribution in [0, 0.1) is 0 Å². The van der Waals surface area contributed by atoms with Gasteiger partial charge in [-0.25, -0.2) is 4.98 Å². The fraction of sp³-hybridized carbons (Fsp3) is 0. The fourth-order valence-electron chi connectivity index (χ4n) is 0.895. The number of carbonyl (C=O) groups excluding carboxylic acids is 1. The highest BCUT2D eigenvalue weighted by atomic mass is 35.5. The standard InChI is InChI=1S/C8H5ClN4OS/c9-5-1-2-7(10-3-5)12-8(14)6-4-11-13-15-6/h1-4H,(H,10,12,14). The molecular weight excluding hydrogens is 236 g/mol. The molecule has 0 aliphatic rings. The van der Waals surface area contributed by atoms with Crippen molar-refractivity contribution in [3.63, 3.8) is 0 Å². The number of carbonyl (C=O) groups is 1.